The number of cyclic esters (lactones) is 2. The molecule has 1 amide bonds. The highest BCUT2D eigenvalue weighted by atomic mass is 16.6. The number of nitrogens with zero attached hydrogens (tertiary/aromatic N) is 2. The quantitative estimate of drug-likeness (QED) is 0.334. The van der Waals surface area contributed by atoms with Crippen molar-refractivity contribution in [3.63, 3.8) is 0 Å². The summed E-state index contributed by atoms with van der Waals surface area (Å²) in [5.74, 6) is -0.788. The smallest absolute Gasteiger partial charge is 0.374 e. The molecule has 1 unspecified atom stereocenters. The SMILES string of the molecule is CN(C)CCN1C(=O)OC(=O)C1C=O. The van der Waals surface area contributed by atoms with Gasteiger partial charge in [-0.15, -0.1) is 0 Å². The van der Waals surface area contributed by atoms with E-state index in [0.717, 1.165) is 4.90 Å². The fraction of sp³-hybridized carbons (Fsp3) is 0.625. The van der Waals surface area contributed by atoms with Crippen LogP contribution in [0.2, 0.25) is 0 Å². The van der Waals surface area contributed by atoms with E-state index in [1.165, 1.54) is 0 Å². The maximum absolute atomic E-state index is 11.1. The van der Waals surface area contributed by atoms with Crippen LogP contribution in [0.15, 0.2) is 0 Å². The van der Waals surface area contributed by atoms with Crippen molar-refractivity contribution in [1.82, 2.24) is 9.80 Å². The number of amides is 1. The predicted octanol–water partition coefficient (Wildman–Crippen LogP) is -0.906. The molecule has 0 aromatic carbocycles. The van der Waals surface area contributed by atoms with Crippen LogP contribution in [-0.2, 0) is 14.3 Å². The monoisotopic (exact) mass is 200 g/mol. The van der Waals surface area contributed by atoms with Crippen LogP contribution in [0, 0.1) is 0 Å². The molecule has 1 rings (SSSR count). The summed E-state index contributed by atoms with van der Waals surface area (Å²) in [5, 5.41) is 0. The Bertz CT molecular complexity index is 264. The van der Waals surface area contributed by atoms with E-state index >= 15 is 0 Å². The Balaban J connectivity index is 2.61. The number of hydrogen-bond donors (Lipinski definition) is 0. The highest BCUT2D eigenvalue weighted by Crippen LogP contribution is 2.11. The molecule has 0 radical (unpaired) electrons. The van der Waals surface area contributed by atoms with Crippen molar-refractivity contribution < 1.29 is 19.1 Å². The zero-order valence-electron chi connectivity index (χ0n) is 8.10. The van der Waals surface area contributed by atoms with Crippen LogP contribution in [0.4, 0.5) is 4.79 Å². The average molecular weight is 200 g/mol. The van der Waals surface area contributed by atoms with Crippen molar-refractivity contribution in [2.45, 2.75) is 6.04 Å². The maximum atomic E-state index is 11.1. The molecule has 0 aliphatic carbocycles. The molecular weight excluding hydrogens is 188 g/mol. The fourth-order valence-corrected chi connectivity index (χ4v) is 1.11. The third kappa shape index (κ3) is 2.08. The van der Waals surface area contributed by atoms with Crippen molar-refractivity contribution in [2.24, 2.45) is 0 Å². The summed E-state index contributed by atoms with van der Waals surface area (Å²) in [6, 6.07) is -1.07. The average Bonchev–Trinajstić information content (AvgIpc) is 2.36. The Kier molecular flexibility index (Phi) is 3.19. The number of likely N-dealkylation sites (N-methyl/N-ethyl adjacent to an activating group) is 1. The van der Waals surface area contributed by atoms with Crippen LogP contribution in [0.5, 0.6) is 0 Å². The van der Waals surface area contributed by atoms with Crippen LogP contribution in [0.25, 0.3) is 0 Å². The van der Waals surface area contributed by atoms with Crippen LogP contribution < -0.4 is 0 Å². The van der Waals surface area contributed by atoms with Crippen LogP contribution in [-0.4, -0.2) is 61.4 Å². The number of aldehydes is 1. The van der Waals surface area contributed by atoms with Gasteiger partial charge in [0, 0.05) is 13.1 Å². The molecular formula is C8H12N2O4. The first-order valence-corrected chi connectivity index (χ1v) is 4.18. The lowest BCUT2D eigenvalue weighted by atomic mass is 10.3. The van der Waals surface area contributed by atoms with Gasteiger partial charge in [-0.2, -0.15) is 0 Å². The van der Waals surface area contributed by atoms with E-state index in [4.69, 9.17) is 0 Å². The number of carbonyl (C=O) groups excluding carboxylic acids is 3. The largest absolute Gasteiger partial charge is 0.418 e. The van der Waals surface area contributed by atoms with Gasteiger partial charge in [0.05, 0.1) is 0 Å². The molecule has 0 bridgehead atoms. The zero-order chi connectivity index (χ0) is 10.7. The molecule has 1 aliphatic heterocycles. The van der Waals surface area contributed by atoms with Gasteiger partial charge in [-0.1, -0.05) is 0 Å². The molecule has 6 heteroatoms. The van der Waals surface area contributed by atoms with Crippen molar-refractivity contribution in [1.29, 1.82) is 0 Å². The number of esters is 1. The summed E-state index contributed by atoms with van der Waals surface area (Å²) in [6.45, 7) is 0.883. The number of carbonyl (C=O) groups is 3. The van der Waals surface area contributed by atoms with Crippen LogP contribution >= 0.6 is 0 Å². The first-order valence-electron chi connectivity index (χ1n) is 4.18. The van der Waals surface area contributed by atoms with Gasteiger partial charge in [0.2, 0.25) is 0 Å². The van der Waals surface area contributed by atoms with Gasteiger partial charge in [-0.25, -0.2) is 9.59 Å². The van der Waals surface area contributed by atoms with Crippen molar-refractivity contribution in [3.05, 3.63) is 0 Å². The molecule has 14 heavy (non-hydrogen) atoms. The zero-order valence-corrected chi connectivity index (χ0v) is 8.10. The molecule has 1 atom stereocenters. The van der Waals surface area contributed by atoms with Gasteiger partial charge in [0.25, 0.3) is 0 Å². The van der Waals surface area contributed by atoms with E-state index in [2.05, 4.69) is 4.74 Å². The Morgan fingerprint density at radius 3 is 2.64 bits per heavy atom. The summed E-state index contributed by atoms with van der Waals surface area (Å²) in [6.07, 6.45) is -0.322. The Labute approximate surface area is 81.4 Å². The molecule has 6 nitrogen and oxygen atoms in total. The van der Waals surface area contributed by atoms with Gasteiger partial charge >= 0.3 is 12.1 Å². The number of rotatable bonds is 4. The highest BCUT2D eigenvalue weighted by Gasteiger charge is 2.40. The van der Waals surface area contributed by atoms with E-state index in [-0.39, 0.29) is 0 Å². The van der Waals surface area contributed by atoms with E-state index in [0.29, 0.717) is 19.4 Å². The second kappa shape index (κ2) is 4.19. The molecule has 0 spiro atoms. The van der Waals surface area contributed by atoms with Crippen LogP contribution in [0.1, 0.15) is 0 Å². The summed E-state index contributed by atoms with van der Waals surface area (Å²) in [5.41, 5.74) is 0. The summed E-state index contributed by atoms with van der Waals surface area (Å²) >= 11 is 0. The van der Waals surface area contributed by atoms with E-state index in [1.807, 2.05) is 19.0 Å². The standard InChI is InChI=1S/C8H12N2O4/c1-9(2)3-4-10-6(5-11)7(12)14-8(10)13/h5-6H,3-4H2,1-2H3. The number of ether oxygens (including phenoxy) is 1. The Morgan fingerprint density at radius 2 is 2.14 bits per heavy atom. The first kappa shape index (κ1) is 10.6. The lowest BCUT2D eigenvalue weighted by molar-refractivity contribution is -0.137. The van der Waals surface area contributed by atoms with Gasteiger partial charge in [-0.3, -0.25) is 4.90 Å². The molecule has 0 N–H and O–H groups in total. The topological polar surface area (TPSA) is 66.9 Å². The first-order chi connectivity index (χ1) is 6.56. The summed E-state index contributed by atoms with van der Waals surface area (Å²) < 4.78 is 4.31. The minimum atomic E-state index is -1.07. The normalized spacial score (nSPS) is 21.6. The third-order valence-corrected chi connectivity index (χ3v) is 1.92. The van der Waals surface area contributed by atoms with Gasteiger partial charge in [-0.05, 0) is 14.1 Å². The minimum Gasteiger partial charge on any atom is -0.374 e. The molecule has 0 saturated carbocycles. The lowest BCUT2D eigenvalue weighted by Crippen LogP contribution is -2.40. The molecule has 1 saturated heterocycles. The van der Waals surface area contributed by atoms with Gasteiger partial charge < -0.3 is 14.4 Å². The van der Waals surface area contributed by atoms with E-state index in [1.54, 1.807) is 0 Å². The van der Waals surface area contributed by atoms with Gasteiger partial charge in [0.15, 0.2) is 12.3 Å². The summed E-state index contributed by atoms with van der Waals surface area (Å²) in [7, 11) is 3.66. The predicted molar refractivity (Wildman–Crippen MR) is 46.6 cm³/mol. The van der Waals surface area contributed by atoms with E-state index < -0.39 is 18.1 Å². The molecule has 1 heterocycles. The van der Waals surface area contributed by atoms with Crippen LogP contribution in [0.3, 0.4) is 0 Å². The Hall–Kier alpha value is -1.43. The molecule has 0 aromatic rings. The van der Waals surface area contributed by atoms with Crippen molar-refractivity contribution in [3.8, 4) is 0 Å². The molecule has 1 fully saturated rings. The van der Waals surface area contributed by atoms with Crippen molar-refractivity contribution in [2.75, 3.05) is 27.2 Å². The second-order valence-electron chi connectivity index (χ2n) is 3.26. The Morgan fingerprint density at radius 1 is 1.50 bits per heavy atom. The minimum absolute atomic E-state index is 0.307. The second-order valence-corrected chi connectivity index (χ2v) is 3.26. The van der Waals surface area contributed by atoms with E-state index in [9.17, 15) is 14.4 Å². The fourth-order valence-electron chi connectivity index (χ4n) is 1.11. The van der Waals surface area contributed by atoms with Crippen molar-refractivity contribution >= 4 is 18.3 Å². The summed E-state index contributed by atoms with van der Waals surface area (Å²) in [4.78, 5) is 35.5. The molecule has 1 aliphatic rings. The maximum Gasteiger partial charge on any atom is 0.418 e. The van der Waals surface area contributed by atoms with Gasteiger partial charge in [0.1, 0.15) is 0 Å². The molecule has 0 aromatic heterocycles. The number of hydrogen-bond acceptors (Lipinski definition) is 5. The highest BCUT2D eigenvalue weighted by molar-refractivity contribution is 6.04. The molecule has 78 valence electrons. The third-order valence-electron chi connectivity index (χ3n) is 1.92. The lowest BCUT2D eigenvalue weighted by Gasteiger charge is -2.18.